The second kappa shape index (κ2) is 16.2. The molecule has 8 atom stereocenters. The average Bonchev–Trinajstić information content (AvgIpc) is 3.78. The number of allylic oxidation sites excluding steroid dienone is 1. The summed E-state index contributed by atoms with van der Waals surface area (Å²) in [7, 11) is 1.50. The molecule has 0 saturated carbocycles. The minimum absolute atomic E-state index is 0.0315. The summed E-state index contributed by atoms with van der Waals surface area (Å²) in [6.07, 6.45) is 4.09. The lowest BCUT2D eigenvalue weighted by atomic mass is 9.74. The van der Waals surface area contributed by atoms with Crippen LogP contribution in [0.25, 0.3) is 0 Å². The molecule has 2 fully saturated rings. The van der Waals surface area contributed by atoms with Crippen molar-refractivity contribution in [3.63, 3.8) is 0 Å². The van der Waals surface area contributed by atoms with Crippen LogP contribution in [0.4, 0.5) is 5.69 Å². The number of anilines is 1. The molecular formula is C41H41BrClN3O8. The quantitative estimate of drug-likeness (QED) is 0.242. The standard InChI is InChI=1S/C41H41BrClN3O8/c1-52-24-30-35(26-15-7-3-8-16-26)53-40(51)33-34-38(49)46(27(23-47)21-25-13-5-2-6-14-25)37(41(34)22-28(42)36(33)54-41)39(50)45(31-18-11-10-17-29(31)43)20-12-4-9-19-32(48)44-30/h2-8,10-18,22,27,30,33-37,47H,9,19-21,23-24H2,1H3,(H,44,48)/b12-4-/t27-,30+,33-,34+,35+,36-,37-,41+/m1/s1. The second-order valence-corrected chi connectivity index (χ2v) is 15.2. The molecule has 5 bridgehead atoms. The SMILES string of the molecule is COC[C@@H]1NC(=O)CC/C=C\CN(c2ccccc2Cl)C(=O)[C@H]2N([C@@H](CO)Cc3ccccc3)C(=O)[C@@H]3[C@@H](C(=O)O[C@H]1c1ccccc1)[C@@H]1O[C@@]32C=C1Br. The average molecular weight is 819 g/mol. The first-order chi connectivity index (χ1) is 26.2. The normalized spacial score (nSPS) is 29.7. The molecule has 0 unspecified atom stereocenters. The number of hydrogen-bond donors (Lipinski definition) is 2. The molecule has 2 N–H and O–H groups in total. The van der Waals surface area contributed by atoms with Crippen LogP contribution in [0.1, 0.15) is 30.1 Å². The van der Waals surface area contributed by atoms with Crippen LogP contribution in [0.15, 0.2) is 108 Å². The van der Waals surface area contributed by atoms with Gasteiger partial charge in [-0.3, -0.25) is 19.2 Å². The van der Waals surface area contributed by atoms with Gasteiger partial charge in [-0.2, -0.15) is 0 Å². The number of likely N-dealkylation sites (tertiary alicyclic amines) is 1. The van der Waals surface area contributed by atoms with Gasteiger partial charge in [-0.25, -0.2) is 0 Å². The van der Waals surface area contributed by atoms with Crippen LogP contribution in [0.2, 0.25) is 5.02 Å². The Hall–Kier alpha value is -4.33. The Kier molecular flexibility index (Phi) is 11.4. The zero-order valence-corrected chi connectivity index (χ0v) is 31.9. The number of methoxy groups -OCH3 is 1. The van der Waals surface area contributed by atoms with Crippen molar-refractivity contribution in [3.8, 4) is 0 Å². The molecule has 3 aromatic carbocycles. The fraction of sp³-hybridized carbons (Fsp3) is 0.366. The first-order valence-corrected chi connectivity index (χ1v) is 19.1. The summed E-state index contributed by atoms with van der Waals surface area (Å²) in [6, 6.07) is 22.4. The maximum atomic E-state index is 15.3. The highest BCUT2D eigenvalue weighted by molar-refractivity contribution is 9.11. The smallest absolute Gasteiger partial charge is 0.313 e. The largest absolute Gasteiger partial charge is 0.455 e. The number of benzene rings is 3. The maximum Gasteiger partial charge on any atom is 0.313 e. The summed E-state index contributed by atoms with van der Waals surface area (Å²) in [5, 5.41) is 14.3. The van der Waals surface area contributed by atoms with Crippen molar-refractivity contribution >= 4 is 56.9 Å². The highest BCUT2D eigenvalue weighted by Crippen LogP contribution is 2.59. The van der Waals surface area contributed by atoms with Crippen molar-refractivity contribution in [1.29, 1.82) is 0 Å². The van der Waals surface area contributed by atoms with E-state index in [2.05, 4.69) is 21.2 Å². The summed E-state index contributed by atoms with van der Waals surface area (Å²) in [5.41, 5.74) is 0.260. The Balaban J connectivity index is 1.38. The van der Waals surface area contributed by atoms with Crippen molar-refractivity contribution in [2.24, 2.45) is 11.8 Å². The predicted molar refractivity (Wildman–Crippen MR) is 205 cm³/mol. The number of hydrogen-bond acceptors (Lipinski definition) is 8. The second-order valence-electron chi connectivity index (χ2n) is 13.9. The van der Waals surface area contributed by atoms with Crippen LogP contribution in [0.5, 0.6) is 0 Å². The van der Waals surface area contributed by atoms with E-state index in [4.69, 9.17) is 25.8 Å². The van der Waals surface area contributed by atoms with Gasteiger partial charge in [0.05, 0.1) is 41.9 Å². The summed E-state index contributed by atoms with van der Waals surface area (Å²) >= 11 is 10.3. The molecule has 4 aliphatic heterocycles. The van der Waals surface area contributed by atoms with E-state index in [9.17, 15) is 14.7 Å². The van der Waals surface area contributed by atoms with Gasteiger partial charge in [-0.1, -0.05) is 112 Å². The lowest BCUT2D eigenvalue weighted by Crippen LogP contribution is -2.59. The minimum atomic E-state index is -1.61. The number of nitrogens with one attached hydrogen (secondary N) is 1. The molecule has 2 saturated heterocycles. The third-order valence-corrected chi connectivity index (χ3v) is 11.6. The van der Waals surface area contributed by atoms with E-state index >= 15 is 9.59 Å². The summed E-state index contributed by atoms with van der Waals surface area (Å²) in [4.78, 5) is 61.3. The number of rotatable bonds is 8. The van der Waals surface area contributed by atoms with E-state index < -0.39 is 72.2 Å². The lowest BCUT2D eigenvalue weighted by molar-refractivity contribution is -0.162. The Labute approximate surface area is 327 Å². The Morgan fingerprint density at radius 2 is 1.67 bits per heavy atom. The van der Waals surface area contributed by atoms with Crippen molar-refractivity contribution in [1.82, 2.24) is 10.2 Å². The first-order valence-electron chi connectivity index (χ1n) is 18.0. The zero-order valence-electron chi connectivity index (χ0n) is 29.6. The number of carbonyl (C=O) groups excluding carboxylic acids is 4. The Morgan fingerprint density at radius 1 is 0.963 bits per heavy atom. The molecule has 3 aromatic rings. The first kappa shape index (κ1) is 38.0. The highest BCUT2D eigenvalue weighted by atomic mass is 79.9. The van der Waals surface area contributed by atoms with Crippen molar-refractivity contribution in [2.45, 2.75) is 55.2 Å². The zero-order chi connectivity index (χ0) is 38.0. The molecular weight excluding hydrogens is 778 g/mol. The molecule has 0 aliphatic carbocycles. The lowest BCUT2D eigenvalue weighted by Gasteiger charge is -2.39. The summed E-state index contributed by atoms with van der Waals surface area (Å²) in [5.74, 6) is -4.40. The topological polar surface area (TPSA) is 135 Å². The van der Waals surface area contributed by atoms with E-state index in [1.165, 1.54) is 16.9 Å². The highest BCUT2D eigenvalue weighted by Gasteiger charge is 2.75. The molecule has 4 aliphatic rings. The van der Waals surface area contributed by atoms with Crippen LogP contribution in [-0.2, 0) is 39.8 Å². The van der Waals surface area contributed by atoms with Crippen LogP contribution in [0.3, 0.4) is 0 Å². The number of amides is 3. The van der Waals surface area contributed by atoms with Gasteiger partial charge in [0.1, 0.15) is 29.8 Å². The van der Waals surface area contributed by atoms with Crippen LogP contribution >= 0.6 is 27.5 Å². The third kappa shape index (κ3) is 7.01. The molecule has 7 rings (SSSR count). The van der Waals surface area contributed by atoms with Gasteiger partial charge in [0.15, 0.2) is 0 Å². The number of fused-ring (bicyclic) bond motifs is 2. The van der Waals surface area contributed by atoms with Crippen molar-refractivity contribution in [3.05, 3.63) is 124 Å². The van der Waals surface area contributed by atoms with Crippen LogP contribution in [-0.4, -0.2) is 90.4 Å². The Bertz CT molecular complexity index is 1950. The number of halogens is 2. The Morgan fingerprint density at radius 3 is 2.37 bits per heavy atom. The molecule has 3 amide bonds. The molecule has 0 radical (unpaired) electrons. The van der Waals surface area contributed by atoms with Gasteiger partial charge in [0.25, 0.3) is 5.91 Å². The summed E-state index contributed by atoms with van der Waals surface area (Å²) in [6.45, 7) is -0.380. The van der Waals surface area contributed by atoms with E-state index in [0.717, 1.165) is 5.56 Å². The van der Waals surface area contributed by atoms with Crippen LogP contribution < -0.4 is 10.2 Å². The molecule has 54 heavy (non-hydrogen) atoms. The molecule has 4 heterocycles. The van der Waals surface area contributed by atoms with Crippen molar-refractivity contribution < 1.29 is 38.5 Å². The van der Waals surface area contributed by atoms with E-state index in [1.54, 1.807) is 60.7 Å². The van der Waals surface area contributed by atoms with Gasteiger partial charge in [0, 0.05) is 24.6 Å². The van der Waals surface area contributed by atoms with E-state index in [1.807, 2.05) is 42.5 Å². The number of para-hydroxylation sites is 1. The van der Waals surface area contributed by atoms with Gasteiger partial charge >= 0.3 is 5.97 Å². The monoisotopic (exact) mass is 817 g/mol. The number of aliphatic hydroxyl groups excluding tert-OH is 1. The number of cyclic esters (lactones) is 1. The summed E-state index contributed by atoms with van der Waals surface area (Å²) < 4.78 is 19.1. The number of ether oxygens (including phenoxy) is 3. The van der Waals surface area contributed by atoms with Gasteiger partial charge in [-0.05, 0) is 42.2 Å². The van der Waals surface area contributed by atoms with Gasteiger partial charge < -0.3 is 34.4 Å². The number of esters is 1. The molecule has 13 heteroatoms. The number of carbonyl (C=O) groups is 4. The molecule has 11 nitrogen and oxygen atoms in total. The third-order valence-electron chi connectivity index (χ3n) is 10.6. The molecule has 282 valence electrons. The minimum Gasteiger partial charge on any atom is -0.455 e. The number of aliphatic hydroxyl groups is 1. The number of nitrogens with zero attached hydrogens (tertiary/aromatic N) is 2. The fourth-order valence-electron chi connectivity index (χ4n) is 8.27. The molecule has 1 spiro atoms. The van der Waals surface area contributed by atoms with Gasteiger partial charge in [-0.15, -0.1) is 0 Å². The van der Waals surface area contributed by atoms with Gasteiger partial charge in [0.2, 0.25) is 11.8 Å². The maximum absolute atomic E-state index is 15.3. The fourth-order valence-corrected chi connectivity index (χ4v) is 9.24. The molecule has 0 aromatic heterocycles. The predicted octanol–water partition coefficient (Wildman–Crippen LogP) is 4.92. The van der Waals surface area contributed by atoms with Crippen molar-refractivity contribution in [2.75, 3.05) is 31.8 Å². The van der Waals surface area contributed by atoms with E-state index in [0.29, 0.717) is 27.2 Å². The van der Waals surface area contributed by atoms with Crippen LogP contribution in [0, 0.1) is 11.8 Å². The van der Waals surface area contributed by atoms with E-state index in [-0.39, 0.29) is 31.9 Å².